The number of hydrogen-bond donors (Lipinski definition) is 2. The van der Waals surface area contributed by atoms with E-state index in [-0.39, 0.29) is 11.8 Å². The van der Waals surface area contributed by atoms with Crippen molar-refractivity contribution >= 4 is 23.2 Å². The van der Waals surface area contributed by atoms with E-state index < -0.39 is 0 Å². The van der Waals surface area contributed by atoms with E-state index in [9.17, 15) is 9.59 Å². The van der Waals surface area contributed by atoms with Gasteiger partial charge in [-0.2, -0.15) is 0 Å². The van der Waals surface area contributed by atoms with Crippen molar-refractivity contribution in [3.05, 3.63) is 59.2 Å². The van der Waals surface area contributed by atoms with E-state index in [1.165, 1.54) is 36.8 Å². The van der Waals surface area contributed by atoms with Gasteiger partial charge in [0.25, 0.3) is 5.91 Å². The van der Waals surface area contributed by atoms with Gasteiger partial charge in [0, 0.05) is 44.0 Å². The molecule has 6 heteroatoms. The molecule has 2 amide bonds. The molecule has 0 bridgehead atoms. The van der Waals surface area contributed by atoms with Crippen molar-refractivity contribution in [3.8, 4) is 0 Å². The number of likely N-dealkylation sites (N-methyl/N-ethyl adjacent to an activating group) is 1. The third-order valence-corrected chi connectivity index (χ3v) is 7.86. The topological polar surface area (TPSA) is 64.7 Å². The molecule has 0 radical (unpaired) electrons. The molecule has 0 spiro atoms. The van der Waals surface area contributed by atoms with Crippen LogP contribution < -0.4 is 15.5 Å². The number of benzene rings is 2. The van der Waals surface area contributed by atoms with Gasteiger partial charge in [-0.25, -0.2) is 0 Å². The van der Waals surface area contributed by atoms with Crippen LogP contribution in [-0.4, -0.2) is 49.4 Å². The van der Waals surface area contributed by atoms with E-state index in [0.29, 0.717) is 30.1 Å². The predicted octanol–water partition coefficient (Wildman–Crippen LogP) is 5.23. The molecule has 0 unspecified atom stereocenters. The molecule has 2 N–H and O–H groups in total. The Morgan fingerprint density at radius 2 is 1.78 bits per heavy atom. The highest BCUT2D eigenvalue weighted by Gasteiger charge is 2.22. The number of nitrogens with one attached hydrogen (secondary N) is 2. The minimum atomic E-state index is -0.0851. The minimum Gasteiger partial charge on any atom is -0.366 e. The van der Waals surface area contributed by atoms with E-state index in [4.69, 9.17) is 0 Å². The Labute approximate surface area is 216 Å². The Morgan fingerprint density at radius 3 is 2.53 bits per heavy atom. The van der Waals surface area contributed by atoms with Crippen LogP contribution in [0.15, 0.2) is 42.5 Å². The van der Waals surface area contributed by atoms with E-state index in [1.54, 1.807) is 0 Å². The standard InChI is InChI=1S/C30H42N4O2/c1-3-33(4-2)20-18-31-30(36)27-21-26(32-29(35)16-13-23-9-5-6-10-23)14-15-28(27)34-19-17-24-11-7-8-12-25(24)22-34/h7-8,11-12,14-15,21,23H,3-6,9-10,13,16-20,22H2,1-2H3,(H,31,36)(H,32,35). The number of carbonyl (C=O) groups excluding carboxylic acids is 2. The molecule has 2 aromatic carbocycles. The van der Waals surface area contributed by atoms with Gasteiger partial charge in [0.05, 0.1) is 5.56 Å². The Balaban J connectivity index is 1.48. The lowest BCUT2D eigenvalue weighted by atomic mass is 9.98. The largest absolute Gasteiger partial charge is 0.366 e. The summed E-state index contributed by atoms with van der Waals surface area (Å²) in [5.41, 5.74) is 4.93. The van der Waals surface area contributed by atoms with Crippen LogP contribution >= 0.6 is 0 Å². The molecular formula is C30H42N4O2. The van der Waals surface area contributed by atoms with Gasteiger partial charge in [0.1, 0.15) is 0 Å². The lowest BCUT2D eigenvalue weighted by Crippen LogP contribution is -2.36. The molecule has 2 aliphatic rings. The van der Waals surface area contributed by atoms with Crippen molar-refractivity contribution in [1.82, 2.24) is 10.2 Å². The number of carbonyl (C=O) groups is 2. The number of anilines is 2. The summed E-state index contributed by atoms with van der Waals surface area (Å²) in [7, 11) is 0. The number of nitrogens with zero attached hydrogens (tertiary/aromatic N) is 2. The van der Waals surface area contributed by atoms with Crippen molar-refractivity contribution < 1.29 is 9.59 Å². The first-order valence-corrected chi connectivity index (χ1v) is 13.8. The quantitative estimate of drug-likeness (QED) is 0.453. The summed E-state index contributed by atoms with van der Waals surface area (Å²) < 4.78 is 0. The summed E-state index contributed by atoms with van der Waals surface area (Å²) in [5, 5.41) is 6.17. The zero-order valence-corrected chi connectivity index (χ0v) is 22.0. The van der Waals surface area contributed by atoms with Gasteiger partial charge >= 0.3 is 0 Å². The summed E-state index contributed by atoms with van der Waals surface area (Å²) >= 11 is 0. The minimum absolute atomic E-state index is 0.0365. The molecule has 36 heavy (non-hydrogen) atoms. The molecule has 1 aliphatic heterocycles. The van der Waals surface area contributed by atoms with Gasteiger partial charge in [0.2, 0.25) is 5.91 Å². The number of hydrogen-bond acceptors (Lipinski definition) is 4. The van der Waals surface area contributed by atoms with Gasteiger partial charge in [-0.15, -0.1) is 0 Å². The molecular weight excluding hydrogens is 448 g/mol. The highest BCUT2D eigenvalue weighted by Crippen LogP contribution is 2.31. The number of rotatable bonds is 11. The van der Waals surface area contributed by atoms with Gasteiger partial charge in [-0.3, -0.25) is 9.59 Å². The fraction of sp³-hybridized carbons (Fsp3) is 0.533. The molecule has 2 aromatic rings. The molecule has 4 rings (SSSR count). The average molecular weight is 491 g/mol. The van der Waals surface area contributed by atoms with Crippen LogP contribution in [0, 0.1) is 5.92 Å². The highest BCUT2D eigenvalue weighted by molar-refractivity contribution is 6.02. The molecule has 0 saturated heterocycles. The lowest BCUT2D eigenvalue weighted by molar-refractivity contribution is -0.116. The molecule has 194 valence electrons. The van der Waals surface area contributed by atoms with Crippen molar-refractivity contribution in [2.24, 2.45) is 5.92 Å². The predicted molar refractivity (Wildman–Crippen MR) is 148 cm³/mol. The third kappa shape index (κ3) is 6.88. The van der Waals surface area contributed by atoms with Crippen LogP contribution in [0.2, 0.25) is 0 Å². The first-order valence-electron chi connectivity index (χ1n) is 13.8. The fourth-order valence-corrected chi connectivity index (χ4v) is 5.59. The molecule has 0 aromatic heterocycles. The van der Waals surface area contributed by atoms with Crippen LogP contribution in [0.5, 0.6) is 0 Å². The third-order valence-electron chi connectivity index (χ3n) is 7.86. The Kier molecular flexibility index (Phi) is 9.40. The average Bonchev–Trinajstić information content (AvgIpc) is 3.43. The smallest absolute Gasteiger partial charge is 0.253 e. The molecule has 1 saturated carbocycles. The van der Waals surface area contributed by atoms with E-state index in [1.807, 2.05) is 18.2 Å². The summed E-state index contributed by atoms with van der Waals surface area (Å²) in [5.74, 6) is 0.639. The van der Waals surface area contributed by atoms with E-state index in [2.05, 4.69) is 58.5 Å². The molecule has 1 fully saturated rings. The zero-order chi connectivity index (χ0) is 25.3. The second-order valence-electron chi connectivity index (χ2n) is 10.2. The van der Waals surface area contributed by atoms with Crippen LogP contribution in [-0.2, 0) is 17.8 Å². The number of fused-ring (bicyclic) bond motifs is 1. The number of amides is 2. The summed E-state index contributed by atoms with van der Waals surface area (Å²) in [4.78, 5) is 30.6. The van der Waals surface area contributed by atoms with Crippen LogP contribution in [0.4, 0.5) is 11.4 Å². The summed E-state index contributed by atoms with van der Waals surface area (Å²) in [6.45, 7) is 9.27. The fourth-order valence-electron chi connectivity index (χ4n) is 5.59. The van der Waals surface area contributed by atoms with Crippen LogP contribution in [0.25, 0.3) is 0 Å². The first-order chi connectivity index (χ1) is 17.6. The summed E-state index contributed by atoms with van der Waals surface area (Å²) in [6.07, 6.45) is 7.54. The van der Waals surface area contributed by atoms with Crippen molar-refractivity contribution in [2.75, 3.05) is 42.9 Å². The first kappa shape index (κ1) is 26.2. The Bertz CT molecular complexity index is 1030. The lowest BCUT2D eigenvalue weighted by Gasteiger charge is -2.32. The maximum Gasteiger partial charge on any atom is 0.253 e. The second kappa shape index (κ2) is 12.9. The maximum absolute atomic E-state index is 13.4. The normalized spacial score (nSPS) is 15.7. The maximum atomic E-state index is 13.4. The van der Waals surface area contributed by atoms with Crippen molar-refractivity contribution in [1.29, 1.82) is 0 Å². The zero-order valence-electron chi connectivity index (χ0n) is 22.0. The molecule has 0 atom stereocenters. The highest BCUT2D eigenvalue weighted by atomic mass is 16.2. The SMILES string of the molecule is CCN(CC)CCNC(=O)c1cc(NC(=O)CCC2CCCC2)ccc1N1CCc2ccccc2C1. The van der Waals surface area contributed by atoms with E-state index >= 15 is 0 Å². The van der Waals surface area contributed by atoms with Crippen LogP contribution in [0.3, 0.4) is 0 Å². The molecule has 1 heterocycles. The van der Waals surface area contributed by atoms with Gasteiger partial charge in [-0.1, -0.05) is 63.8 Å². The monoisotopic (exact) mass is 490 g/mol. The van der Waals surface area contributed by atoms with Crippen molar-refractivity contribution in [2.45, 2.75) is 65.3 Å². The second-order valence-corrected chi connectivity index (χ2v) is 10.2. The summed E-state index contributed by atoms with van der Waals surface area (Å²) in [6, 6.07) is 14.3. The van der Waals surface area contributed by atoms with Crippen molar-refractivity contribution in [3.63, 3.8) is 0 Å². The van der Waals surface area contributed by atoms with Gasteiger partial charge < -0.3 is 20.4 Å². The molecule has 1 aliphatic carbocycles. The van der Waals surface area contributed by atoms with E-state index in [0.717, 1.165) is 51.3 Å². The van der Waals surface area contributed by atoms with Gasteiger partial charge in [0.15, 0.2) is 0 Å². The van der Waals surface area contributed by atoms with Crippen LogP contribution in [0.1, 0.15) is 73.9 Å². The Morgan fingerprint density at radius 1 is 1.03 bits per heavy atom. The Hall–Kier alpha value is -2.86. The molecule has 6 nitrogen and oxygen atoms in total. The van der Waals surface area contributed by atoms with Gasteiger partial charge in [-0.05, 0) is 61.2 Å².